The van der Waals surface area contributed by atoms with E-state index in [1.807, 2.05) is 42.6 Å². The van der Waals surface area contributed by atoms with Crippen LogP contribution in [0.4, 0.5) is 5.82 Å². The van der Waals surface area contributed by atoms with Crippen molar-refractivity contribution in [3.8, 4) is 0 Å². The van der Waals surface area contributed by atoms with Crippen molar-refractivity contribution in [2.45, 2.75) is 12.5 Å². The van der Waals surface area contributed by atoms with E-state index in [-0.39, 0.29) is 6.04 Å². The molecule has 1 aliphatic heterocycles. The van der Waals surface area contributed by atoms with Gasteiger partial charge in [0.15, 0.2) is 0 Å². The van der Waals surface area contributed by atoms with Gasteiger partial charge in [-0.1, -0.05) is 36.4 Å². The summed E-state index contributed by atoms with van der Waals surface area (Å²) in [6.07, 6.45) is 5.30. The second-order valence-electron chi connectivity index (χ2n) is 4.65. The van der Waals surface area contributed by atoms with E-state index in [0.29, 0.717) is 0 Å². The molecule has 0 amide bonds. The molecule has 1 aromatic heterocycles. The number of nitrogens with zero attached hydrogens (tertiary/aromatic N) is 2. The maximum Gasteiger partial charge on any atom is 0.148 e. The van der Waals surface area contributed by atoms with Gasteiger partial charge in [-0.15, -0.1) is 0 Å². The molecule has 2 aromatic rings. The van der Waals surface area contributed by atoms with Crippen LogP contribution in [0.2, 0.25) is 0 Å². The summed E-state index contributed by atoms with van der Waals surface area (Å²) in [7, 11) is 0. The Kier molecular flexibility index (Phi) is 3.46. The average Bonchev–Trinajstić information content (AvgIpc) is 2.92. The van der Waals surface area contributed by atoms with Crippen molar-refractivity contribution in [1.82, 2.24) is 10.4 Å². The van der Waals surface area contributed by atoms with E-state index in [2.05, 4.69) is 22.5 Å². The van der Waals surface area contributed by atoms with E-state index < -0.39 is 0 Å². The Balaban J connectivity index is 1.79. The molecule has 3 rings (SSSR count). The highest BCUT2D eigenvalue weighted by Crippen LogP contribution is 2.22. The maximum absolute atomic E-state index is 11.4. The standard InChI is InChI=1S/C16H15N3O/c20-12-15-14(10-13-6-2-1-3-7-13)11-18-19(15)16-8-4-5-9-17-16/h1-9,11-12,15,18H,10H2. The Morgan fingerprint density at radius 2 is 1.95 bits per heavy atom. The number of nitrogens with one attached hydrogen (secondary N) is 1. The van der Waals surface area contributed by atoms with E-state index in [1.165, 1.54) is 5.56 Å². The topological polar surface area (TPSA) is 45.2 Å². The number of hydrogen-bond acceptors (Lipinski definition) is 4. The molecule has 1 aliphatic rings. The van der Waals surface area contributed by atoms with Crippen molar-refractivity contribution in [3.05, 3.63) is 72.1 Å². The lowest BCUT2D eigenvalue weighted by atomic mass is 10.0. The number of rotatable bonds is 4. The van der Waals surface area contributed by atoms with Gasteiger partial charge in [0.25, 0.3) is 0 Å². The zero-order chi connectivity index (χ0) is 13.8. The van der Waals surface area contributed by atoms with E-state index in [9.17, 15) is 4.79 Å². The molecule has 1 unspecified atom stereocenters. The number of aromatic nitrogens is 1. The van der Waals surface area contributed by atoms with Crippen LogP contribution in [0.1, 0.15) is 5.56 Å². The fraction of sp³-hybridized carbons (Fsp3) is 0.125. The molecule has 20 heavy (non-hydrogen) atoms. The minimum Gasteiger partial charge on any atom is -0.303 e. The SMILES string of the molecule is O=CC1C(Cc2ccccc2)=CNN1c1ccccn1. The van der Waals surface area contributed by atoms with Gasteiger partial charge in [-0.25, -0.2) is 4.98 Å². The first kappa shape index (κ1) is 12.4. The summed E-state index contributed by atoms with van der Waals surface area (Å²) in [5, 5.41) is 1.78. The van der Waals surface area contributed by atoms with Crippen molar-refractivity contribution in [2.75, 3.05) is 5.01 Å². The summed E-state index contributed by atoms with van der Waals surface area (Å²) in [6.45, 7) is 0. The third-order valence-electron chi connectivity index (χ3n) is 3.32. The van der Waals surface area contributed by atoms with Crippen LogP contribution < -0.4 is 10.4 Å². The van der Waals surface area contributed by atoms with Crippen molar-refractivity contribution in [2.24, 2.45) is 0 Å². The fourth-order valence-corrected chi connectivity index (χ4v) is 2.32. The van der Waals surface area contributed by atoms with Gasteiger partial charge in [0, 0.05) is 12.4 Å². The largest absolute Gasteiger partial charge is 0.303 e. The van der Waals surface area contributed by atoms with Gasteiger partial charge in [-0.3, -0.25) is 5.01 Å². The number of aldehydes is 1. The predicted octanol–water partition coefficient (Wildman–Crippen LogP) is 2.10. The molecular weight excluding hydrogens is 250 g/mol. The Labute approximate surface area is 117 Å². The number of benzene rings is 1. The molecule has 4 heteroatoms. The molecular formula is C16H15N3O. The lowest BCUT2D eigenvalue weighted by molar-refractivity contribution is -0.108. The lowest BCUT2D eigenvalue weighted by Crippen LogP contribution is -2.40. The minimum absolute atomic E-state index is 0.315. The third kappa shape index (κ3) is 2.40. The predicted molar refractivity (Wildman–Crippen MR) is 77.9 cm³/mol. The molecule has 0 fully saturated rings. The monoisotopic (exact) mass is 265 g/mol. The van der Waals surface area contributed by atoms with Crippen LogP contribution in [0.3, 0.4) is 0 Å². The first-order valence-electron chi connectivity index (χ1n) is 6.53. The fourth-order valence-electron chi connectivity index (χ4n) is 2.32. The first-order chi connectivity index (χ1) is 9.88. The zero-order valence-corrected chi connectivity index (χ0v) is 10.9. The normalized spacial score (nSPS) is 17.5. The molecule has 0 spiro atoms. The molecule has 0 saturated heterocycles. The van der Waals surface area contributed by atoms with E-state index in [4.69, 9.17) is 0 Å². The van der Waals surface area contributed by atoms with Gasteiger partial charge < -0.3 is 10.2 Å². The summed E-state index contributed by atoms with van der Waals surface area (Å²) in [6, 6.07) is 15.4. The van der Waals surface area contributed by atoms with Crippen molar-refractivity contribution >= 4 is 12.1 Å². The van der Waals surface area contributed by atoms with Crippen LogP contribution >= 0.6 is 0 Å². The number of anilines is 1. The maximum atomic E-state index is 11.4. The summed E-state index contributed by atoms with van der Waals surface area (Å²) in [4.78, 5) is 15.7. The molecule has 0 aliphatic carbocycles. The highest BCUT2D eigenvalue weighted by molar-refractivity contribution is 5.71. The highest BCUT2D eigenvalue weighted by Gasteiger charge is 2.27. The summed E-state index contributed by atoms with van der Waals surface area (Å²) in [5.41, 5.74) is 5.35. The van der Waals surface area contributed by atoms with Gasteiger partial charge in [0.2, 0.25) is 0 Å². The quantitative estimate of drug-likeness (QED) is 0.860. The Hall–Kier alpha value is -2.62. The number of hydrogen-bond donors (Lipinski definition) is 1. The first-order valence-corrected chi connectivity index (χ1v) is 6.53. The average molecular weight is 265 g/mol. The van der Waals surface area contributed by atoms with Crippen molar-refractivity contribution in [1.29, 1.82) is 0 Å². The van der Waals surface area contributed by atoms with Crippen LogP contribution in [-0.2, 0) is 11.2 Å². The molecule has 0 bridgehead atoms. The summed E-state index contributed by atoms with van der Waals surface area (Å²) >= 11 is 0. The van der Waals surface area contributed by atoms with E-state index in [1.54, 1.807) is 11.2 Å². The van der Waals surface area contributed by atoms with Crippen LogP contribution in [0.5, 0.6) is 0 Å². The number of hydrazine groups is 1. The number of pyridine rings is 1. The molecule has 1 atom stereocenters. The van der Waals surface area contributed by atoms with Crippen molar-refractivity contribution in [3.63, 3.8) is 0 Å². The lowest BCUT2D eigenvalue weighted by Gasteiger charge is -2.23. The molecule has 0 radical (unpaired) electrons. The minimum atomic E-state index is -0.315. The van der Waals surface area contributed by atoms with Crippen LogP contribution in [0.25, 0.3) is 0 Å². The van der Waals surface area contributed by atoms with Crippen LogP contribution in [0.15, 0.2) is 66.5 Å². The summed E-state index contributed by atoms with van der Waals surface area (Å²) in [5.74, 6) is 0.740. The van der Waals surface area contributed by atoms with E-state index in [0.717, 1.165) is 24.1 Å². The third-order valence-corrected chi connectivity index (χ3v) is 3.32. The summed E-state index contributed by atoms with van der Waals surface area (Å²) < 4.78 is 0. The second-order valence-corrected chi connectivity index (χ2v) is 4.65. The Bertz CT molecular complexity index is 610. The van der Waals surface area contributed by atoms with Gasteiger partial charge in [0.1, 0.15) is 18.1 Å². The van der Waals surface area contributed by atoms with Gasteiger partial charge in [-0.2, -0.15) is 0 Å². The number of carbonyl (C=O) groups is 1. The molecule has 2 heterocycles. The number of carbonyl (C=O) groups excluding carboxylic acids is 1. The molecule has 1 N–H and O–H groups in total. The molecule has 4 nitrogen and oxygen atoms in total. The zero-order valence-electron chi connectivity index (χ0n) is 10.9. The smallest absolute Gasteiger partial charge is 0.148 e. The Morgan fingerprint density at radius 3 is 2.65 bits per heavy atom. The van der Waals surface area contributed by atoms with Gasteiger partial charge >= 0.3 is 0 Å². The van der Waals surface area contributed by atoms with Gasteiger partial charge in [-0.05, 0) is 29.7 Å². The van der Waals surface area contributed by atoms with Crippen LogP contribution in [0, 0.1) is 0 Å². The molecule has 0 saturated carbocycles. The van der Waals surface area contributed by atoms with Crippen LogP contribution in [-0.4, -0.2) is 17.3 Å². The van der Waals surface area contributed by atoms with E-state index >= 15 is 0 Å². The highest BCUT2D eigenvalue weighted by atomic mass is 16.1. The second kappa shape index (κ2) is 5.57. The molecule has 100 valence electrons. The van der Waals surface area contributed by atoms with Gasteiger partial charge in [0.05, 0.1) is 0 Å². The van der Waals surface area contributed by atoms with Crippen molar-refractivity contribution < 1.29 is 4.79 Å². The molecule has 1 aromatic carbocycles. The Morgan fingerprint density at radius 1 is 1.15 bits per heavy atom.